The summed E-state index contributed by atoms with van der Waals surface area (Å²) in [4.78, 5) is 28.8. The highest BCUT2D eigenvalue weighted by molar-refractivity contribution is 6.35. The fraction of sp³-hybridized carbons (Fsp3) is 0.368. The zero-order valence-corrected chi connectivity index (χ0v) is 14.4. The van der Waals surface area contributed by atoms with Gasteiger partial charge in [-0.25, -0.2) is 4.39 Å². The second-order valence-corrected chi connectivity index (χ2v) is 6.40. The molecule has 0 aliphatic carbocycles. The quantitative estimate of drug-likeness (QED) is 0.621. The molecule has 2 atom stereocenters. The Labute approximate surface area is 146 Å². The molecule has 1 saturated heterocycles. The number of ether oxygens (including phenoxy) is 1. The summed E-state index contributed by atoms with van der Waals surface area (Å²) in [5.74, 6) is -1.11. The number of morpholine rings is 1. The van der Waals surface area contributed by atoms with Crippen molar-refractivity contribution in [1.29, 1.82) is 0 Å². The van der Waals surface area contributed by atoms with Gasteiger partial charge in [-0.3, -0.25) is 14.5 Å². The maximum atomic E-state index is 13.3. The average molecular weight is 344 g/mol. The van der Waals surface area contributed by atoms with Gasteiger partial charge in [0.1, 0.15) is 11.5 Å². The summed E-state index contributed by atoms with van der Waals surface area (Å²) in [7, 11) is 0. The Morgan fingerprint density at radius 3 is 2.32 bits per heavy atom. The Bertz CT molecular complexity index is 732. The molecule has 1 aromatic rings. The first kappa shape index (κ1) is 17.4. The number of rotatable bonds is 4. The Kier molecular flexibility index (Phi) is 4.72. The highest BCUT2D eigenvalue weighted by Crippen LogP contribution is 2.33. The molecule has 0 bridgehead atoms. The predicted molar refractivity (Wildman–Crippen MR) is 91.8 cm³/mol. The van der Waals surface area contributed by atoms with Gasteiger partial charge < -0.3 is 9.64 Å². The summed E-state index contributed by atoms with van der Waals surface area (Å²) in [6.07, 6.45) is 1.41. The van der Waals surface area contributed by atoms with Crippen LogP contribution in [0.5, 0.6) is 0 Å². The Hall–Kier alpha value is -2.47. The van der Waals surface area contributed by atoms with E-state index in [-0.39, 0.29) is 36.4 Å². The van der Waals surface area contributed by atoms with Crippen LogP contribution in [0.4, 0.5) is 4.39 Å². The number of amides is 2. The molecule has 0 N–H and O–H groups in total. The van der Waals surface area contributed by atoms with Gasteiger partial charge in [0.15, 0.2) is 0 Å². The van der Waals surface area contributed by atoms with E-state index in [2.05, 4.69) is 6.58 Å². The molecule has 2 aliphatic heterocycles. The second-order valence-electron chi connectivity index (χ2n) is 6.40. The van der Waals surface area contributed by atoms with Crippen molar-refractivity contribution in [3.05, 3.63) is 54.0 Å². The monoisotopic (exact) mass is 344 g/mol. The van der Waals surface area contributed by atoms with Crippen LogP contribution in [-0.2, 0) is 14.3 Å². The standard InChI is InChI=1S/C19H21FN2O3/c1-4-9-22-18(23)16(14-5-7-15(20)8-6-14)17(19(22)24)21-10-12(2)25-13(3)11-21/h4-8,12-13H,1,9-11H2,2-3H3. The Morgan fingerprint density at radius 1 is 1.16 bits per heavy atom. The highest BCUT2D eigenvalue weighted by atomic mass is 19.1. The van der Waals surface area contributed by atoms with Gasteiger partial charge in [-0.15, -0.1) is 6.58 Å². The van der Waals surface area contributed by atoms with E-state index in [1.165, 1.54) is 35.2 Å². The zero-order chi connectivity index (χ0) is 18.1. The SMILES string of the molecule is C=CCN1C(=O)C(c2ccc(F)cc2)=C(N2CC(C)OC(C)C2)C1=O. The van der Waals surface area contributed by atoms with E-state index < -0.39 is 0 Å². The minimum absolute atomic E-state index is 0.0536. The van der Waals surface area contributed by atoms with Crippen molar-refractivity contribution in [2.24, 2.45) is 0 Å². The van der Waals surface area contributed by atoms with E-state index in [1.807, 2.05) is 18.7 Å². The minimum atomic E-state index is -0.390. The summed E-state index contributed by atoms with van der Waals surface area (Å²) in [5, 5.41) is 0. The van der Waals surface area contributed by atoms with Crippen LogP contribution in [0.3, 0.4) is 0 Å². The van der Waals surface area contributed by atoms with Crippen LogP contribution in [-0.4, -0.2) is 53.5 Å². The van der Waals surface area contributed by atoms with E-state index in [0.29, 0.717) is 29.9 Å². The smallest absolute Gasteiger partial charge is 0.278 e. The molecule has 0 saturated carbocycles. The van der Waals surface area contributed by atoms with Crippen LogP contribution in [0.1, 0.15) is 19.4 Å². The molecule has 2 amide bonds. The molecule has 25 heavy (non-hydrogen) atoms. The van der Waals surface area contributed by atoms with Crippen molar-refractivity contribution in [2.75, 3.05) is 19.6 Å². The van der Waals surface area contributed by atoms with Gasteiger partial charge in [0.2, 0.25) is 0 Å². The number of nitrogens with zero attached hydrogens (tertiary/aromatic N) is 2. The van der Waals surface area contributed by atoms with E-state index >= 15 is 0 Å². The van der Waals surface area contributed by atoms with Crippen molar-refractivity contribution >= 4 is 17.4 Å². The molecule has 1 fully saturated rings. The van der Waals surface area contributed by atoms with Crippen LogP contribution in [0.15, 0.2) is 42.6 Å². The molecule has 0 aromatic heterocycles. The lowest BCUT2D eigenvalue weighted by Crippen LogP contribution is -2.47. The van der Waals surface area contributed by atoms with Gasteiger partial charge >= 0.3 is 0 Å². The summed E-state index contributed by atoms with van der Waals surface area (Å²) < 4.78 is 19.0. The molecule has 3 rings (SSSR count). The Morgan fingerprint density at radius 2 is 1.76 bits per heavy atom. The van der Waals surface area contributed by atoms with E-state index in [9.17, 15) is 14.0 Å². The maximum Gasteiger partial charge on any atom is 0.278 e. The fourth-order valence-corrected chi connectivity index (χ4v) is 3.39. The third kappa shape index (κ3) is 3.22. The molecule has 1 aromatic carbocycles. The lowest BCUT2D eigenvalue weighted by Gasteiger charge is -2.37. The van der Waals surface area contributed by atoms with Gasteiger partial charge in [0.05, 0.1) is 17.8 Å². The molecule has 5 nitrogen and oxygen atoms in total. The number of hydrogen-bond acceptors (Lipinski definition) is 4. The van der Waals surface area contributed by atoms with Crippen molar-refractivity contribution in [3.8, 4) is 0 Å². The van der Waals surface area contributed by atoms with Crippen molar-refractivity contribution in [3.63, 3.8) is 0 Å². The molecular formula is C19H21FN2O3. The topological polar surface area (TPSA) is 49.9 Å². The number of halogens is 1. The first-order valence-electron chi connectivity index (χ1n) is 8.30. The van der Waals surface area contributed by atoms with Crippen molar-refractivity contribution < 1.29 is 18.7 Å². The van der Waals surface area contributed by atoms with E-state index in [0.717, 1.165) is 0 Å². The minimum Gasteiger partial charge on any atom is -0.372 e. The van der Waals surface area contributed by atoms with Crippen LogP contribution in [0.25, 0.3) is 5.57 Å². The molecular weight excluding hydrogens is 323 g/mol. The molecule has 132 valence electrons. The number of benzene rings is 1. The highest BCUT2D eigenvalue weighted by Gasteiger charge is 2.42. The first-order valence-corrected chi connectivity index (χ1v) is 8.30. The van der Waals surface area contributed by atoms with E-state index in [1.54, 1.807) is 0 Å². The number of hydrogen-bond donors (Lipinski definition) is 0. The molecule has 2 heterocycles. The third-order valence-electron chi connectivity index (χ3n) is 4.32. The summed E-state index contributed by atoms with van der Waals surface area (Å²) in [6, 6.07) is 5.64. The zero-order valence-electron chi connectivity index (χ0n) is 14.4. The van der Waals surface area contributed by atoms with Gasteiger partial charge in [-0.1, -0.05) is 18.2 Å². The predicted octanol–water partition coefficient (Wildman–Crippen LogP) is 2.20. The van der Waals surface area contributed by atoms with Crippen molar-refractivity contribution in [1.82, 2.24) is 9.80 Å². The van der Waals surface area contributed by atoms with E-state index in [4.69, 9.17) is 4.74 Å². The van der Waals surface area contributed by atoms with Crippen LogP contribution in [0, 0.1) is 5.82 Å². The van der Waals surface area contributed by atoms with Crippen LogP contribution >= 0.6 is 0 Å². The molecule has 0 spiro atoms. The summed E-state index contributed by atoms with van der Waals surface area (Å²) in [6.45, 7) is 8.66. The molecule has 2 unspecified atom stereocenters. The lowest BCUT2D eigenvalue weighted by molar-refractivity contribution is -0.137. The molecule has 6 heteroatoms. The van der Waals surface area contributed by atoms with Gasteiger partial charge in [0, 0.05) is 19.6 Å². The number of carbonyl (C=O) groups excluding carboxylic acids is 2. The normalized spacial score (nSPS) is 24.3. The first-order chi connectivity index (χ1) is 11.9. The summed E-state index contributed by atoms with van der Waals surface area (Å²) in [5.41, 5.74) is 1.21. The van der Waals surface area contributed by atoms with Crippen molar-refractivity contribution in [2.45, 2.75) is 26.1 Å². The maximum absolute atomic E-state index is 13.3. The number of carbonyl (C=O) groups is 2. The molecule has 0 radical (unpaired) electrons. The van der Waals surface area contributed by atoms with Crippen LogP contribution < -0.4 is 0 Å². The van der Waals surface area contributed by atoms with Gasteiger partial charge in [-0.05, 0) is 31.5 Å². The van der Waals surface area contributed by atoms with Crippen LogP contribution in [0.2, 0.25) is 0 Å². The number of imide groups is 1. The molecule has 2 aliphatic rings. The van der Waals surface area contributed by atoms with Gasteiger partial charge in [-0.2, -0.15) is 0 Å². The Balaban J connectivity index is 2.09. The largest absolute Gasteiger partial charge is 0.372 e. The lowest BCUT2D eigenvalue weighted by atomic mass is 10.0. The summed E-state index contributed by atoms with van der Waals surface area (Å²) >= 11 is 0. The second kappa shape index (κ2) is 6.80. The average Bonchev–Trinajstić information content (AvgIpc) is 2.80. The third-order valence-corrected chi connectivity index (χ3v) is 4.32. The van der Waals surface area contributed by atoms with Gasteiger partial charge in [0.25, 0.3) is 11.8 Å². The fourth-order valence-electron chi connectivity index (χ4n) is 3.39.